The van der Waals surface area contributed by atoms with E-state index in [0.717, 1.165) is 0 Å². The molecule has 1 aromatic rings. The first-order valence-electron chi connectivity index (χ1n) is 4.38. The predicted molar refractivity (Wildman–Crippen MR) is 63.0 cm³/mol. The summed E-state index contributed by atoms with van der Waals surface area (Å²) in [6.07, 6.45) is 0. The maximum Gasteiger partial charge on any atom is 0.187 e. The van der Waals surface area contributed by atoms with Crippen LogP contribution in [0.25, 0.3) is 0 Å². The molecule has 0 saturated heterocycles. The zero-order valence-corrected chi connectivity index (χ0v) is 10.1. The van der Waals surface area contributed by atoms with Crippen LogP contribution in [-0.4, -0.2) is 19.6 Å². The van der Waals surface area contributed by atoms with Gasteiger partial charge < -0.3 is 31.0 Å². The molecule has 2 unspecified atom stereocenters. The van der Waals surface area contributed by atoms with E-state index in [1.54, 1.807) is 24.3 Å². The maximum absolute atomic E-state index is 8.98. The molecule has 2 atom stereocenters. The fraction of sp³-hybridized carbons (Fsp3) is 0.250. The van der Waals surface area contributed by atoms with Gasteiger partial charge >= 0.3 is 0 Å². The van der Waals surface area contributed by atoms with Crippen molar-refractivity contribution in [1.82, 2.24) is 0 Å². The molecule has 0 saturated carbocycles. The lowest BCUT2D eigenvalue weighted by molar-refractivity contribution is 0.467. The highest BCUT2D eigenvalue weighted by molar-refractivity contribution is 7.45. The Balaban J connectivity index is 2.95. The van der Waals surface area contributed by atoms with Crippen molar-refractivity contribution in [2.45, 2.75) is 11.6 Å². The minimum atomic E-state index is -2.27. The molecule has 90 valence electrons. The molecule has 0 aliphatic heterocycles. The molecule has 0 bridgehead atoms. The summed E-state index contributed by atoms with van der Waals surface area (Å²) >= 11 is 0. The van der Waals surface area contributed by atoms with Gasteiger partial charge in [-0.3, -0.25) is 0 Å². The molecule has 0 amide bonds. The monoisotopic (exact) mass is 264 g/mol. The molecule has 8 N–H and O–H groups in total. The van der Waals surface area contributed by atoms with Gasteiger partial charge in [0.2, 0.25) is 0 Å². The molecule has 6 nitrogen and oxygen atoms in total. The Kier molecular flexibility index (Phi) is 5.18. The Morgan fingerprint density at radius 1 is 0.875 bits per heavy atom. The summed E-state index contributed by atoms with van der Waals surface area (Å²) in [5.74, 6) is -1.77. The Morgan fingerprint density at radius 2 is 1.25 bits per heavy atom. The van der Waals surface area contributed by atoms with E-state index in [9.17, 15) is 0 Å². The molecule has 0 aliphatic carbocycles. The van der Waals surface area contributed by atoms with Gasteiger partial charge in [0.25, 0.3) is 0 Å². The van der Waals surface area contributed by atoms with Crippen LogP contribution in [-0.2, 0) is 0 Å². The van der Waals surface area contributed by atoms with Crippen molar-refractivity contribution in [3.05, 3.63) is 35.4 Å². The first kappa shape index (κ1) is 13.9. The number of hydrogen-bond donors (Lipinski definition) is 6. The lowest BCUT2D eigenvalue weighted by Gasteiger charge is -2.17. The third-order valence-corrected chi connectivity index (χ3v) is 3.68. The SMILES string of the molecule is NC(c1cccc(C(N)P(O)O)c1)P(O)O. The van der Waals surface area contributed by atoms with Crippen LogP contribution in [0.4, 0.5) is 0 Å². The minimum Gasteiger partial charge on any atom is -0.349 e. The summed E-state index contributed by atoms with van der Waals surface area (Å²) in [7, 11) is -4.54. The average molecular weight is 264 g/mol. The van der Waals surface area contributed by atoms with Gasteiger partial charge in [0.1, 0.15) is 11.6 Å². The van der Waals surface area contributed by atoms with E-state index in [1.807, 2.05) is 0 Å². The zero-order valence-electron chi connectivity index (χ0n) is 8.30. The van der Waals surface area contributed by atoms with E-state index in [-0.39, 0.29) is 0 Å². The fourth-order valence-corrected chi connectivity index (χ4v) is 2.05. The van der Waals surface area contributed by atoms with Crippen LogP contribution in [0.1, 0.15) is 22.7 Å². The summed E-state index contributed by atoms with van der Waals surface area (Å²) in [5, 5.41) is 0. The van der Waals surface area contributed by atoms with Crippen molar-refractivity contribution in [2.24, 2.45) is 11.5 Å². The van der Waals surface area contributed by atoms with Crippen molar-refractivity contribution in [2.75, 3.05) is 0 Å². The van der Waals surface area contributed by atoms with Crippen LogP contribution in [0.2, 0.25) is 0 Å². The van der Waals surface area contributed by atoms with Crippen LogP contribution < -0.4 is 11.5 Å². The number of benzene rings is 1. The van der Waals surface area contributed by atoms with Gasteiger partial charge in [-0.25, -0.2) is 0 Å². The van der Waals surface area contributed by atoms with Crippen LogP contribution in [0, 0.1) is 0 Å². The molecule has 0 aromatic heterocycles. The molecule has 0 radical (unpaired) electrons. The van der Waals surface area contributed by atoms with E-state index in [0.29, 0.717) is 11.1 Å². The van der Waals surface area contributed by atoms with Crippen molar-refractivity contribution in [3.8, 4) is 0 Å². The normalized spacial score (nSPS) is 15.5. The van der Waals surface area contributed by atoms with Gasteiger partial charge in [0.05, 0.1) is 0 Å². The Morgan fingerprint density at radius 3 is 1.56 bits per heavy atom. The molecular weight excluding hydrogens is 250 g/mol. The number of hydrogen-bond acceptors (Lipinski definition) is 6. The minimum absolute atomic E-state index is 0.501. The van der Waals surface area contributed by atoms with Crippen LogP contribution in [0.5, 0.6) is 0 Å². The molecule has 1 rings (SSSR count). The third kappa shape index (κ3) is 3.42. The van der Waals surface area contributed by atoms with Gasteiger partial charge in [0, 0.05) is 0 Å². The van der Waals surface area contributed by atoms with Gasteiger partial charge in [-0.2, -0.15) is 0 Å². The van der Waals surface area contributed by atoms with E-state index in [2.05, 4.69) is 0 Å². The first-order valence-corrected chi connectivity index (χ1v) is 7.01. The van der Waals surface area contributed by atoms with E-state index < -0.39 is 28.3 Å². The highest BCUT2D eigenvalue weighted by atomic mass is 31.2. The lowest BCUT2D eigenvalue weighted by Crippen LogP contribution is -2.11. The smallest absolute Gasteiger partial charge is 0.187 e. The van der Waals surface area contributed by atoms with Crippen molar-refractivity contribution in [1.29, 1.82) is 0 Å². The second kappa shape index (κ2) is 5.96. The molecule has 0 fully saturated rings. The summed E-state index contributed by atoms with van der Waals surface area (Å²) in [4.78, 5) is 35.9. The molecule has 16 heavy (non-hydrogen) atoms. The van der Waals surface area contributed by atoms with Gasteiger partial charge in [-0.15, -0.1) is 0 Å². The summed E-state index contributed by atoms with van der Waals surface area (Å²) in [6, 6.07) is 6.42. The molecule has 0 aliphatic rings. The van der Waals surface area contributed by atoms with E-state index in [1.165, 1.54) is 0 Å². The van der Waals surface area contributed by atoms with Crippen molar-refractivity contribution >= 4 is 16.8 Å². The van der Waals surface area contributed by atoms with Gasteiger partial charge in [0.15, 0.2) is 16.8 Å². The Bertz CT molecular complexity index is 321. The molecule has 8 heteroatoms. The zero-order chi connectivity index (χ0) is 12.3. The van der Waals surface area contributed by atoms with Crippen molar-refractivity contribution < 1.29 is 19.6 Å². The second-order valence-corrected chi connectivity index (χ2v) is 5.59. The van der Waals surface area contributed by atoms with Crippen LogP contribution >= 0.6 is 16.8 Å². The molecule has 0 spiro atoms. The molecular formula is C8H14N2O4P2. The summed E-state index contributed by atoms with van der Waals surface area (Å²) < 4.78 is 0. The standard InChI is InChI=1S/C8H14N2O4P2/c9-7(15(11)12)5-2-1-3-6(4-5)8(10)16(13)14/h1-4,7-8,11-14H,9-10H2. The fourth-order valence-electron chi connectivity index (χ4n) is 1.19. The molecule has 0 heterocycles. The Hall–Kier alpha value is -0.160. The third-order valence-electron chi connectivity index (χ3n) is 2.09. The quantitative estimate of drug-likeness (QED) is 0.430. The average Bonchev–Trinajstić information content (AvgIpc) is 2.26. The van der Waals surface area contributed by atoms with Gasteiger partial charge in [-0.1, -0.05) is 24.3 Å². The topological polar surface area (TPSA) is 133 Å². The number of rotatable bonds is 4. The largest absolute Gasteiger partial charge is 0.349 e. The highest BCUT2D eigenvalue weighted by Crippen LogP contribution is 2.42. The van der Waals surface area contributed by atoms with E-state index >= 15 is 0 Å². The lowest BCUT2D eigenvalue weighted by atomic mass is 10.1. The molecule has 1 aromatic carbocycles. The summed E-state index contributed by atoms with van der Waals surface area (Å²) in [5.41, 5.74) is 12.1. The second-order valence-electron chi connectivity index (χ2n) is 3.20. The van der Waals surface area contributed by atoms with E-state index in [4.69, 9.17) is 31.0 Å². The van der Waals surface area contributed by atoms with Gasteiger partial charge in [-0.05, 0) is 11.1 Å². The number of nitrogens with two attached hydrogens (primary N) is 2. The van der Waals surface area contributed by atoms with Crippen LogP contribution in [0.15, 0.2) is 24.3 Å². The van der Waals surface area contributed by atoms with Crippen LogP contribution in [0.3, 0.4) is 0 Å². The highest BCUT2D eigenvalue weighted by Gasteiger charge is 2.19. The Labute approximate surface area is 95.4 Å². The maximum atomic E-state index is 8.98. The first-order chi connectivity index (χ1) is 7.43. The summed E-state index contributed by atoms with van der Waals surface area (Å²) in [6.45, 7) is 0. The predicted octanol–water partition coefficient (Wildman–Crippen LogP) is 0.194. The van der Waals surface area contributed by atoms with Crippen molar-refractivity contribution in [3.63, 3.8) is 0 Å².